The van der Waals surface area contributed by atoms with Gasteiger partial charge in [-0.3, -0.25) is 0 Å². The predicted octanol–water partition coefficient (Wildman–Crippen LogP) is 4.77. The first kappa shape index (κ1) is 22.0. The zero-order chi connectivity index (χ0) is 21.2. The first-order chi connectivity index (χ1) is 14.7. The lowest BCUT2D eigenvalue weighted by Crippen LogP contribution is -2.17. The summed E-state index contributed by atoms with van der Waals surface area (Å²) in [6.45, 7) is 0.905. The number of aromatic nitrogens is 2. The van der Waals surface area contributed by atoms with Crippen LogP contribution < -0.4 is 10.1 Å². The van der Waals surface area contributed by atoms with Gasteiger partial charge in [0.05, 0.1) is 13.7 Å². The molecule has 0 unspecified atom stereocenters. The van der Waals surface area contributed by atoms with Crippen molar-refractivity contribution in [1.29, 1.82) is 0 Å². The first-order valence-corrected chi connectivity index (χ1v) is 11.5. The number of ether oxygens (including phenoxy) is 2. The van der Waals surface area contributed by atoms with Crippen LogP contribution >= 0.6 is 23.5 Å². The second kappa shape index (κ2) is 11.5. The summed E-state index contributed by atoms with van der Waals surface area (Å²) in [6, 6.07) is 19.6. The number of hydrogen-bond acceptors (Lipinski definition) is 8. The molecule has 0 saturated carbocycles. The summed E-state index contributed by atoms with van der Waals surface area (Å²) in [5, 5.41) is 4.39. The van der Waals surface area contributed by atoms with Gasteiger partial charge >= 0.3 is 5.97 Å². The molecule has 30 heavy (non-hydrogen) atoms. The molecule has 0 spiro atoms. The number of methoxy groups -OCH3 is 1. The van der Waals surface area contributed by atoms with Gasteiger partial charge in [0.25, 0.3) is 0 Å². The van der Waals surface area contributed by atoms with Crippen molar-refractivity contribution in [3.8, 4) is 5.75 Å². The number of para-hydroxylation sites is 1. The van der Waals surface area contributed by atoms with Gasteiger partial charge in [-0.05, 0) is 24.0 Å². The molecule has 6 nitrogen and oxygen atoms in total. The van der Waals surface area contributed by atoms with Crippen molar-refractivity contribution in [3.05, 3.63) is 71.8 Å². The van der Waals surface area contributed by atoms with E-state index in [0.717, 1.165) is 11.3 Å². The average Bonchev–Trinajstić information content (AvgIpc) is 2.81. The van der Waals surface area contributed by atoms with Crippen LogP contribution in [0.3, 0.4) is 0 Å². The lowest BCUT2D eigenvalue weighted by atomic mass is 10.2. The molecule has 156 valence electrons. The fourth-order valence-electron chi connectivity index (χ4n) is 2.61. The van der Waals surface area contributed by atoms with E-state index in [1.807, 2.05) is 66.9 Å². The molecule has 8 heteroatoms. The van der Waals surface area contributed by atoms with E-state index in [-0.39, 0.29) is 0 Å². The van der Waals surface area contributed by atoms with Gasteiger partial charge in [-0.25, -0.2) is 14.8 Å². The van der Waals surface area contributed by atoms with Gasteiger partial charge in [-0.15, -0.1) is 11.8 Å². The largest absolute Gasteiger partial charge is 0.492 e. The minimum absolute atomic E-state index is 0.343. The summed E-state index contributed by atoms with van der Waals surface area (Å²) in [4.78, 5) is 21.6. The molecule has 0 aliphatic heterocycles. The third kappa shape index (κ3) is 6.14. The second-order valence-electron chi connectivity index (χ2n) is 6.09. The second-order valence-corrected chi connectivity index (χ2v) is 7.83. The van der Waals surface area contributed by atoms with Gasteiger partial charge in [-0.1, -0.05) is 60.3 Å². The molecule has 0 radical (unpaired) electrons. The molecule has 0 saturated heterocycles. The standard InChI is InChI=1S/C22H23N3O3S2/c1-27-21(26)18-19(23-13-14-28-17-11-7-4-8-12-17)24-22(29-2)25-20(18)30-15-16-9-5-3-6-10-16/h3-12H,13-15H2,1-2H3,(H,23,24,25). The molecule has 0 aliphatic rings. The normalized spacial score (nSPS) is 10.5. The van der Waals surface area contributed by atoms with Crippen molar-refractivity contribution in [1.82, 2.24) is 9.97 Å². The molecule has 3 aromatic rings. The molecule has 1 aromatic heterocycles. The number of anilines is 1. The zero-order valence-electron chi connectivity index (χ0n) is 16.8. The molecular formula is C22H23N3O3S2. The zero-order valence-corrected chi connectivity index (χ0v) is 18.5. The number of esters is 1. The maximum atomic E-state index is 12.5. The number of nitrogens with one attached hydrogen (secondary N) is 1. The van der Waals surface area contributed by atoms with Gasteiger partial charge in [0.1, 0.15) is 28.8 Å². The smallest absolute Gasteiger partial charge is 0.344 e. The van der Waals surface area contributed by atoms with E-state index < -0.39 is 5.97 Å². The van der Waals surface area contributed by atoms with Crippen molar-refractivity contribution >= 4 is 35.3 Å². The van der Waals surface area contributed by atoms with Crippen molar-refractivity contribution in [3.63, 3.8) is 0 Å². The van der Waals surface area contributed by atoms with Crippen molar-refractivity contribution in [2.45, 2.75) is 15.9 Å². The topological polar surface area (TPSA) is 73.3 Å². The molecule has 0 aliphatic carbocycles. The highest BCUT2D eigenvalue weighted by atomic mass is 32.2. The Hall–Kier alpha value is -2.71. The number of carbonyl (C=O) groups is 1. The summed E-state index contributed by atoms with van der Waals surface area (Å²) < 4.78 is 10.7. The van der Waals surface area contributed by atoms with E-state index >= 15 is 0 Å². The van der Waals surface area contributed by atoms with Gasteiger partial charge in [0.2, 0.25) is 0 Å². The van der Waals surface area contributed by atoms with Crippen LogP contribution in [0.1, 0.15) is 15.9 Å². The Balaban J connectivity index is 1.76. The molecule has 2 aromatic carbocycles. The van der Waals surface area contributed by atoms with Crippen molar-refractivity contribution in [2.24, 2.45) is 0 Å². The van der Waals surface area contributed by atoms with Crippen LogP contribution in [0.5, 0.6) is 5.75 Å². The van der Waals surface area contributed by atoms with E-state index in [1.165, 1.54) is 30.6 Å². The molecular weight excluding hydrogens is 418 g/mol. The summed E-state index contributed by atoms with van der Waals surface area (Å²) in [6.07, 6.45) is 1.90. The minimum Gasteiger partial charge on any atom is -0.492 e. The Bertz CT molecular complexity index is 957. The Labute approximate surface area is 184 Å². The van der Waals surface area contributed by atoms with Crippen LogP contribution in [0, 0.1) is 0 Å². The highest BCUT2D eigenvalue weighted by Gasteiger charge is 2.22. The van der Waals surface area contributed by atoms with Gasteiger partial charge in [0, 0.05) is 5.75 Å². The molecule has 1 N–H and O–H groups in total. The van der Waals surface area contributed by atoms with Crippen LogP contribution in [0.25, 0.3) is 0 Å². The van der Waals surface area contributed by atoms with Crippen LogP contribution in [0.2, 0.25) is 0 Å². The fourth-order valence-corrected chi connectivity index (χ4v) is 4.01. The Morgan fingerprint density at radius 1 is 1.03 bits per heavy atom. The molecule has 1 heterocycles. The molecule has 3 rings (SSSR count). The quantitative estimate of drug-likeness (QED) is 0.159. The Morgan fingerprint density at radius 3 is 2.40 bits per heavy atom. The van der Waals surface area contributed by atoms with Gasteiger partial charge < -0.3 is 14.8 Å². The summed E-state index contributed by atoms with van der Waals surface area (Å²) in [5.41, 5.74) is 1.49. The highest BCUT2D eigenvalue weighted by Crippen LogP contribution is 2.31. The van der Waals surface area contributed by atoms with Crippen LogP contribution in [0.4, 0.5) is 5.82 Å². The van der Waals surface area contributed by atoms with Gasteiger partial charge in [-0.2, -0.15) is 0 Å². The Morgan fingerprint density at radius 2 is 1.73 bits per heavy atom. The molecule has 0 atom stereocenters. The van der Waals surface area contributed by atoms with Crippen molar-refractivity contribution < 1.29 is 14.3 Å². The van der Waals surface area contributed by atoms with Crippen molar-refractivity contribution in [2.75, 3.05) is 31.8 Å². The molecule has 0 amide bonds. The maximum Gasteiger partial charge on any atom is 0.344 e. The summed E-state index contributed by atoms with van der Waals surface area (Å²) >= 11 is 2.91. The molecule has 0 fully saturated rings. The number of thioether (sulfide) groups is 2. The van der Waals surface area contributed by atoms with Crippen LogP contribution in [0.15, 0.2) is 70.8 Å². The van der Waals surface area contributed by atoms with E-state index in [0.29, 0.717) is 40.5 Å². The number of hydrogen-bond donors (Lipinski definition) is 1. The Kier molecular flexibility index (Phi) is 8.41. The summed E-state index contributed by atoms with van der Waals surface area (Å²) in [7, 11) is 1.36. The SMILES string of the molecule is COC(=O)c1c(NCCOc2ccccc2)nc(SC)nc1SCc1ccccc1. The maximum absolute atomic E-state index is 12.5. The van der Waals surface area contributed by atoms with E-state index in [2.05, 4.69) is 15.3 Å². The number of benzene rings is 2. The number of carbonyl (C=O) groups excluding carboxylic acids is 1. The lowest BCUT2D eigenvalue weighted by Gasteiger charge is -2.15. The van der Waals surface area contributed by atoms with Crippen LogP contribution in [-0.4, -0.2) is 42.5 Å². The third-order valence-electron chi connectivity index (χ3n) is 4.05. The molecule has 0 bridgehead atoms. The van der Waals surface area contributed by atoms with E-state index in [9.17, 15) is 4.79 Å². The minimum atomic E-state index is -0.468. The highest BCUT2D eigenvalue weighted by molar-refractivity contribution is 7.99. The van der Waals surface area contributed by atoms with Crippen LogP contribution in [-0.2, 0) is 10.5 Å². The number of nitrogens with zero attached hydrogens (tertiary/aromatic N) is 2. The van der Waals surface area contributed by atoms with E-state index in [1.54, 1.807) is 0 Å². The monoisotopic (exact) mass is 441 g/mol. The third-order valence-corrected chi connectivity index (χ3v) is 5.65. The number of rotatable bonds is 10. The fraction of sp³-hybridized carbons (Fsp3) is 0.227. The first-order valence-electron chi connectivity index (χ1n) is 9.34. The lowest BCUT2D eigenvalue weighted by molar-refractivity contribution is 0.0596. The van der Waals surface area contributed by atoms with E-state index in [4.69, 9.17) is 9.47 Å². The van der Waals surface area contributed by atoms with Gasteiger partial charge in [0.15, 0.2) is 5.16 Å². The summed E-state index contributed by atoms with van der Waals surface area (Å²) in [5.74, 6) is 1.46. The predicted molar refractivity (Wildman–Crippen MR) is 122 cm³/mol. The average molecular weight is 442 g/mol.